The predicted molar refractivity (Wildman–Crippen MR) is 108 cm³/mol. The minimum atomic E-state index is -0.437. The van der Waals surface area contributed by atoms with E-state index >= 15 is 0 Å². The van der Waals surface area contributed by atoms with Crippen LogP contribution in [0.25, 0.3) is 0 Å². The molecule has 1 N–H and O–H groups in total. The molecule has 0 saturated heterocycles. The highest BCUT2D eigenvalue weighted by Crippen LogP contribution is 2.22. The van der Waals surface area contributed by atoms with Crippen molar-refractivity contribution in [3.8, 4) is 11.5 Å². The number of ether oxygens (including phenoxy) is 2. The van der Waals surface area contributed by atoms with Crippen LogP contribution in [-0.2, 0) is 6.54 Å². The average Bonchev–Trinajstić information content (AvgIpc) is 2.69. The highest BCUT2D eigenvalue weighted by Gasteiger charge is 2.13. The first-order valence-electron chi connectivity index (χ1n) is 8.79. The minimum Gasteiger partial charge on any atom is -0.497 e. The number of hydrogen-bond donors (Lipinski definition) is 1. The van der Waals surface area contributed by atoms with Gasteiger partial charge in [0.15, 0.2) is 0 Å². The maximum Gasteiger partial charge on any atom is 0.263 e. The van der Waals surface area contributed by atoms with Gasteiger partial charge >= 0.3 is 0 Å². The van der Waals surface area contributed by atoms with Crippen LogP contribution < -0.4 is 20.3 Å². The number of nitrogens with zero attached hydrogens (tertiary/aromatic N) is 1. The highest BCUT2D eigenvalue weighted by atomic mass is 16.5. The van der Waals surface area contributed by atoms with E-state index in [4.69, 9.17) is 9.47 Å². The Balaban J connectivity index is 1.87. The van der Waals surface area contributed by atoms with Gasteiger partial charge in [0.25, 0.3) is 11.5 Å². The fourth-order valence-corrected chi connectivity index (χ4v) is 2.91. The molecule has 3 rings (SSSR count). The number of amides is 1. The molecule has 0 aliphatic carbocycles. The Kier molecular flexibility index (Phi) is 5.79. The van der Waals surface area contributed by atoms with Crippen LogP contribution in [0.2, 0.25) is 0 Å². The van der Waals surface area contributed by atoms with Gasteiger partial charge in [0.2, 0.25) is 0 Å². The maximum absolute atomic E-state index is 12.8. The van der Waals surface area contributed by atoms with Crippen molar-refractivity contribution in [2.45, 2.75) is 13.5 Å². The summed E-state index contributed by atoms with van der Waals surface area (Å²) < 4.78 is 12.0. The third-order valence-electron chi connectivity index (χ3n) is 4.30. The molecule has 0 aliphatic heterocycles. The number of nitrogens with one attached hydrogen (secondary N) is 1. The summed E-state index contributed by atoms with van der Waals surface area (Å²) in [6, 6.07) is 16.1. The Morgan fingerprint density at radius 2 is 1.71 bits per heavy atom. The van der Waals surface area contributed by atoms with E-state index in [1.807, 2.05) is 37.3 Å². The van der Waals surface area contributed by atoms with Crippen LogP contribution in [-0.4, -0.2) is 24.7 Å². The lowest BCUT2D eigenvalue weighted by atomic mass is 10.1. The first-order valence-corrected chi connectivity index (χ1v) is 8.79. The van der Waals surface area contributed by atoms with Crippen LogP contribution in [0.1, 0.15) is 21.5 Å². The molecule has 2 aromatic carbocycles. The molecule has 6 heteroatoms. The van der Waals surface area contributed by atoms with Crippen LogP contribution in [0.15, 0.2) is 65.6 Å². The van der Waals surface area contributed by atoms with Crippen molar-refractivity contribution in [1.29, 1.82) is 0 Å². The zero-order valence-corrected chi connectivity index (χ0v) is 16.1. The van der Waals surface area contributed by atoms with Gasteiger partial charge in [-0.3, -0.25) is 9.59 Å². The molecule has 0 saturated carbocycles. The fourth-order valence-electron chi connectivity index (χ4n) is 2.91. The van der Waals surface area contributed by atoms with E-state index in [9.17, 15) is 9.59 Å². The highest BCUT2D eigenvalue weighted by molar-refractivity contribution is 6.04. The minimum absolute atomic E-state index is 0.0823. The van der Waals surface area contributed by atoms with Crippen molar-refractivity contribution in [3.05, 3.63) is 87.8 Å². The van der Waals surface area contributed by atoms with E-state index in [0.717, 1.165) is 11.1 Å². The van der Waals surface area contributed by atoms with Crippen LogP contribution in [0, 0.1) is 6.92 Å². The van der Waals surface area contributed by atoms with Crippen molar-refractivity contribution in [3.63, 3.8) is 0 Å². The van der Waals surface area contributed by atoms with E-state index in [1.54, 1.807) is 38.6 Å². The summed E-state index contributed by atoms with van der Waals surface area (Å²) in [5, 5.41) is 2.78. The molecular formula is C22H22N2O4. The number of methoxy groups -OCH3 is 2. The third-order valence-corrected chi connectivity index (χ3v) is 4.30. The molecule has 0 bridgehead atoms. The van der Waals surface area contributed by atoms with E-state index in [0.29, 0.717) is 17.2 Å². The third kappa shape index (κ3) is 4.40. The van der Waals surface area contributed by atoms with Gasteiger partial charge in [-0.1, -0.05) is 12.1 Å². The van der Waals surface area contributed by atoms with Gasteiger partial charge in [-0.05, 0) is 54.4 Å². The lowest BCUT2D eigenvalue weighted by Crippen LogP contribution is -2.29. The molecule has 1 amide bonds. The number of carbonyl (C=O) groups excluding carboxylic acids is 1. The summed E-state index contributed by atoms with van der Waals surface area (Å²) in [6.07, 6.45) is 1.65. The number of aromatic nitrogens is 1. The predicted octanol–water partition coefficient (Wildman–Crippen LogP) is 3.47. The number of pyridine rings is 1. The second-order valence-corrected chi connectivity index (χ2v) is 6.40. The first kappa shape index (κ1) is 19.2. The van der Waals surface area contributed by atoms with Gasteiger partial charge in [0.1, 0.15) is 17.1 Å². The maximum atomic E-state index is 12.8. The Morgan fingerprint density at radius 3 is 2.36 bits per heavy atom. The lowest BCUT2D eigenvalue weighted by Gasteiger charge is -2.11. The summed E-state index contributed by atoms with van der Waals surface area (Å²) >= 11 is 0. The Labute approximate surface area is 163 Å². The molecule has 0 fully saturated rings. The largest absolute Gasteiger partial charge is 0.497 e. The van der Waals surface area contributed by atoms with Gasteiger partial charge in [-0.2, -0.15) is 0 Å². The average molecular weight is 378 g/mol. The van der Waals surface area contributed by atoms with Gasteiger partial charge in [-0.15, -0.1) is 0 Å². The normalized spacial score (nSPS) is 10.4. The Morgan fingerprint density at radius 1 is 1.00 bits per heavy atom. The number of aryl methyl sites for hydroxylation is 1. The molecule has 0 radical (unpaired) electrons. The van der Waals surface area contributed by atoms with Crippen LogP contribution in [0.3, 0.4) is 0 Å². The van der Waals surface area contributed by atoms with E-state index in [-0.39, 0.29) is 17.7 Å². The zero-order chi connectivity index (χ0) is 20.1. The van der Waals surface area contributed by atoms with Gasteiger partial charge in [-0.25, -0.2) is 0 Å². The number of anilines is 1. The summed E-state index contributed by atoms with van der Waals surface area (Å²) in [6.45, 7) is 2.23. The van der Waals surface area contributed by atoms with Crippen LogP contribution >= 0.6 is 0 Å². The monoisotopic (exact) mass is 378 g/mol. The SMILES string of the molecule is COc1cc(Cn2cccc(C(=O)Nc3cccc(C)c3)c2=O)cc(OC)c1. The molecule has 144 valence electrons. The molecule has 0 atom stereocenters. The smallest absolute Gasteiger partial charge is 0.263 e. The second kappa shape index (κ2) is 8.43. The van der Waals surface area contributed by atoms with Crippen LogP contribution in [0.5, 0.6) is 11.5 Å². The fraction of sp³-hybridized carbons (Fsp3) is 0.182. The second-order valence-electron chi connectivity index (χ2n) is 6.40. The standard InChI is InChI=1S/C22H22N2O4/c1-15-6-4-7-17(10-15)23-21(25)20-8-5-9-24(22(20)26)14-16-11-18(27-2)13-19(12-16)28-3/h4-13H,14H2,1-3H3,(H,23,25). The number of carbonyl (C=O) groups is 1. The van der Waals surface area contributed by atoms with Crippen LogP contribution in [0.4, 0.5) is 5.69 Å². The topological polar surface area (TPSA) is 69.6 Å². The van der Waals surface area contributed by atoms with Gasteiger partial charge in [0, 0.05) is 18.0 Å². The lowest BCUT2D eigenvalue weighted by molar-refractivity contribution is 0.102. The molecule has 1 aromatic heterocycles. The number of benzene rings is 2. The zero-order valence-electron chi connectivity index (χ0n) is 16.1. The molecular weight excluding hydrogens is 356 g/mol. The molecule has 0 unspecified atom stereocenters. The quantitative estimate of drug-likeness (QED) is 0.713. The molecule has 3 aromatic rings. The van der Waals surface area contributed by atoms with E-state index < -0.39 is 5.91 Å². The van der Waals surface area contributed by atoms with Crippen molar-refractivity contribution >= 4 is 11.6 Å². The summed E-state index contributed by atoms with van der Waals surface area (Å²) in [4.78, 5) is 25.4. The summed E-state index contributed by atoms with van der Waals surface area (Å²) in [5.41, 5.74) is 2.22. The number of rotatable bonds is 6. The number of hydrogen-bond acceptors (Lipinski definition) is 4. The van der Waals surface area contributed by atoms with Crippen molar-refractivity contribution < 1.29 is 14.3 Å². The van der Waals surface area contributed by atoms with Gasteiger partial charge < -0.3 is 19.4 Å². The Hall–Kier alpha value is -3.54. The molecule has 0 spiro atoms. The molecule has 0 aliphatic rings. The summed E-state index contributed by atoms with van der Waals surface area (Å²) in [5.74, 6) is 0.833. The van der Waals surface area contributed by atoms with Crippen molar-refractivity contribution in [2.24, 2.45) is 0 Å². The van der Waals surface area contributed by atoms with E-state index in [2.05, 4.69) is 5.32 Å². The first-order chi connectivity index (χ1) is 13.5. The van der Waals surface area contributed by atoms with Gasteiger partial charge in [0.05, 0.1) is 20.8 Å². The Bertz CT molecular complexity index is 1030. The molecule has 1 heterocycles. The van der Waals surface area contributed by atoms with Crippen molar-refractivity contribution in [2.75, 3.05) is 19.5 Å². The van der Waals surface area contributed by atoms with E-state index in [1.165, 1.54) is 10.6 Å². The van der Waals surface area contributed by atoms with Crippen molar-refractivity contribution in [1.82, 2.24) is 4.57 Å². The molecule has 28 heavy (non-hydrogen) atoms. The summed E-state index contributed by atoms with van der Waals surface area (Å²) in [7, 11) is 3.14. The molecule has 6 nitrogen and oxygen atoms in total.